The summed E-state index contributed by atoms with van der Waals surface area (Å²) in [6, 6.07) is 11.2. The molecule has 0 unspecified atom stereocenters. The standard InChI is InChI=1S/C24H26N4O4S/c1-5-18-16(10-17(31-3)12-23(18)32-4)11-21-22(27-20-9-7-6-8-19(20)26-21)14-33(29,30)24-13-28(2)15-25-24/h6-10,12-13,15H,5,11,14H2,1-4H3. The van der Waals surface area contributed by atoms with Crippen LogP contribution in [0.25, 0.3) is 11.0 Å². The first kappa shape index (κ1) is 22.7. The zero-order chi connectivity index (χ0) is 23.6. The van der Waals surface area contributed by atoms with Crippen molar-refractivity contribution >= 4 is 20.9 Å². The van der Waals surface area contributed by atoms with Crippen LogP contribution in [0.1, 0.15) is 29.4 Å². The van der Waals surface area contributed by atoms with Crippen LogP contribution in [0.4, 0.5) is 0 Å². The highest BCUT2D eigenvalue weighted by Gasteiger charge is 2.23. The number of fused-ring (bicyclic) bond motifs is 1. The van der Waals surface area contributed by atoms with Crippen molar-refractivity contribution in [3.63, 3.8) is 0 Å². The Morgan fingerprint density at radius 3 is 2.27 bits per heavy atom. The molecule has 8 nitrogen and oxygen atoms in total. The largest absolute Gasteiger partial charge is 0.497 e. The first-order chi connectivity index (χ1) is 15.8. The molecule has 0 aliphatic carbocycles. The monoisotopic (exact) mass is 466 g/mol. The lowest BCUT2D eigenvalue weighted by Gasteiger charge is -2.16. The molecule has 2 aromatic heterocycles. The van der Waals surface area contributed by atoms with E-state index in [4.69, 9.17) is 19.4 Å². The molecule has 0 radical (unpaired) electrons. The van der Waals surface area contributed by atoms with Crippen molar-refractivity contribution in [2.75, 3.05) is 14.2 Å². The van der Waals surface area contributed by atoms with Crippen molar-refractivity contribution in [3.05, 3.63) is 71.4 Å². The molecule has 0 aliphatic heterocycles. The van der Waals surface area contributed by atoms with Crippen LogP contribution in [0.2, 0.25) is 0 Å². The number of benzene rings is 2. The number of ether oxygens (including phenoxy) is 2. The maximum absolute atomic E-state index is 13.1. The van der Waals surface area contributed by atoms with Gasteiger partial charge in [0.1, 0.15) is 17.3 Å². The van der Waals surface area contributed by atoms with Crippen LogP contribution in [0.5, 0.6) is 11.5 Å². The molecule has 0 saturated heterocycles. The van der Waals surface area contributed by atoms with E-state index < -0.39 is 9.84 Å². The summed E-state index contributed by atoms with van der Waals surface area (Å²) in [5.74, 6) is 1.10. The van der Waals surface area contributed by atoms with E-state index in [2.05, 4.69) is 4.98 Å². The van der Waals surface area contributed by atoms with E-state index in [1.807, 2.05) is 43.3 Å². The van der Waals surface area contributed by atoms with Crippen LogP contribution in [0.3, 0.4) is 0 Å². The molecule has 0 saturated carbocycles. The highest BCUT2D eigenvalue weighted by molar-refractivity contribution is 7.90. The molecule has 0 atom stereocenters. The summed E-state index contributed by atoms with van der Waals surface area (Å²) >= 11 is 0. The fraction of sp³-hybridized carbons (Fsp3) is 0.292. The Labute approximate surface area is 193 Å². The fourth-order valence-electron chi connectivity index (χ4n) is 3.85. The van der Waals surface area contributed by atoms with Gasteiger partial charge in [0.15, 0.2) is 5.03 Å². The number of aryl methyl sites for hydroxylation is 1. The van der Waals surface area contributed by atoms with E-state index in [1.165, 1.54) is 12.5 Å². The quantitative estimate of drug-likeness (QED) is 0.392. The Hall–Kier alpha value is -3.46. The van der Waals surface area contributed by atoms with Crippen LogP contribution < -0.4 is 9.47 Å². The van der Waals surface area contributed by atoms with Gasteiger partial charge in [-0.3, -0.25) is 0 Å². The molecule has 0 bridgehead atoms. The van der Waals surface area contributed by atoms with Crippen LogP contribution in [0, 0.1) is 0 Å². The Morgan fingerprint density at radius 2 is 1.70 bits per heavy atom. The molecular formula is C24H26N4O4S. The van der Waals surface area contributed by atoms with Gasteiger partial charge in [-0.05, 0) is 35.7 Å². The maximum Gasteiger partial charge on any atom is 0.202 e. The van der Waals surface area contributed by atoms with E-state index in [-0.39, 0.29) is 10.8 Å². The molecule has 0 spiro atoms. The van der Waals surface area contributed by atoms with Gasteiger partial charge in [0.05, 0.1) is 43.0 Å². The summed E-state index contributed by atoms with van der Waals surface area (Å²) in [6.07, 6.45) is 4.09. The van der Waals surface area contributed by atoms with E-state index >= 15 is 0 Å². The third-order valence-electron chi connectivity index (χ3n) is 5.49. The number of aromatic nitrogens is 4. The second-order valence-corrected chi connectivity index (χ2v) is 9.68. The highest BCUT2D eigenvalue weighted by Crippen LogP contribution is 2.31. The highest BCUT2D eigenvalue weighted by atomic mass is 32.2. The number of nitrogens with zero attached hydrogens (tertiary/aromatic N) is 4. The predicted molar refractivity (Wildman–Crippen MR) is 125 cm³/mol. The third kappa shape index (κ3) is 4.68. The van der Waals surface area contributed by atoms with E-state index in [1.54, 1.807) is 25.8 Å². The van der Waals surface area contributed by atoms with Crippen molar-refractivity contribution in [2.24, 2.45) is 7.05 Å². The molecule has 0 fully saturated rings. The Morgan fingerprint density at radius 1 is 1.00 bits per heavy atom. The van der Waals surface area contributed by atoms with Gasteiger partial charge in [-0.25, -0.2) is 23.4 Å². The normalized spacial score (nSPS) is 11.6. The van der Waals surface area contributed by atoms with Crippen molar-refractivity contribution in [2.45, 2.75) is 30.5 Å². The van der Waals surface area contributed by atoms with Crippen LogP contribution in [-0.4, -0.2) is 42.2 Å². The van der Waals surface area contributed by atoms with Crippen molar-refractivity contribution < 1.29 is 17.9 Å². The lowest BCUT2D eigenvalue weighted by Crippen LogP contribution is -2.12. The summed E-state index contributed by atoms with van der Waals surface area (Å²) in [6.45, 7) is 2.05. The van der Waals surface area contributed by atoms with Crippen LogP contribution in [0.15, 0.2) is 53.9 Å². The van der Waals surface area contributed by atoms with Gasteiger partial charge in [-0.2, -0.15) is 0 Å². The van der Waals surface area contributed by atoms with Crippen LogP contribution >= 0.6 is 0 Å². The minimum Gasteiger partial charge on any atom is -0.497 e. The second-order valence-electron chi connectivity index (χ2n) is 7.74. The molecule has 4 rings (SSSR count). The van der Waals surface area contributed by atoms with Gasteiger partial charge in [0, 0.05) is 25.7 Å². The molecule has 2 aromatic carbocycles. The lowest BCUT2D eigenvalue weighted by molar-refractivity contribution is 0.390. The minimum absolute atomic E-state index is 0.0169. The summed E-state index contributed by atoms with van der Waals surface area (Å²) in [5, 5.41) is 0.0169. The molecule has 0 N–H and O–H groups in total. The molecule has 0 amide bonds. The molecule has 172 valence electrons. The number of methoxy groups -OCH3 is 2. The zero-order valence-corrected chi connectivity index (χ0v) is 19.9. The van der Waals surface area contributed by atoms with Crippen molar-refractivity contribution in [3.8, 4) is 11.5 Å². The first-order valence-corrected chi connectivity index (χ1v) is 12.2. The van der Waals surface area contributed by atoms with Crippen molar-refractivity contribution in [1.82, 2.24) is 19.5 Å². The number of hydrogen-bond acceptors (Lipinski definition) is 7. The number of sulfone groups is 1. The minimum atomic E-state index is -3.70. The molecular weight excluding hydrogens is 440 g/mol. The average molecular weight is 467 g/mol. The Kier molecular flexibility index (Phi) is 6.33. The second kappa shape index (κ2) is 9.19. The fourth-order valence-corrected chi connectivity index (χ4v) is 5.12. The van der Waals surface area contributed by atoms with Gasteiger partial charge in [-0.15, -0.1) is 0 Å². The topological polar surface area (TPSA) is 96.2 Å². The molecule has 2 heterocycles. The molecule has 33 heavy (non-hydrogen) atoms. The van der Waals surface area contributed by atoms with Gasteiger partial charge in [-0.1, -0.05) is 19.1 Å². The van der Waals surface area contributed by atoms with Crippen LogP contribution in [-0.2, 0) is 35.5 Å². The average Bonchev–Trinajstić information content (AvgIpc) is 3.26. The summed E-state index contributed by atoms with van der Waals surface area (Å²) in [5.41, 5.74) is 4.33. The number of imidazole rings is 1. The SMILES string of the molecule is CCc1c(Cc2nc3ccccc3nc2CS(=O)(=O)c2cn(C)cn2)cc(OC)cc1OC. The van der Waals surface area contributed by atoms with E-state index in [0.717, 1.165) is 23.3 Å². The smallest absolute Gasteiger partial charge is 0.202 e. The maximum atomic E-state index is 13.1. The van der Waals surface area contributed by atoms with Crippen molar-refractivity contribution in [1.29, 1.82) is 0 Å². The summed E-state index contributed by atoms with van der Waals surface area (Å²) in [4.78, 5) is 13.5. The molecule has 4 aromatic rings. The predicted octanol–water partition coefficient (Wildman–Crippen LogP) is 3.51. The zero-order valence-electron chi connectivity index (χ0n) is 19.1. The van der Waals surface area contributed by atoms with Gasteiger partial charge >= 0.3 is 0 Å². The van der Waals surface area contributed by atoms with Gasteiger partial charge in [0.25, 0.3) is 0 Å². The Bertz CT molecular complexity index is 1410. The first-order valence-electron chi connectivity index (χ1n) is 10.5. The summed E-state index contributed by atoms with van der Waals surface area (Å²) < 4.78 is 38.8. The van der Waals surface area contributed by atoms with E-state index in [0.29, 0.717) is 34.6 Å². The van der Waals surface area contributed by atoms with Gasteiger partial charge in [0.2, 0.25) is 9.84 Å². The Balaban J connectivity index is 1.84. The molecule has 9 heteroatoms. The number of hydrogen-bond donors (Lipinski definition) is 0. The lowest BCUT2D eigenvalue weighted by atomic mass is 9.98. The number of rotatable bonds is 8. The summed E-state index contributed by atoms with van der Waals surface area (Å²) in [7, 11) is 1.26. The number of para-hydroxylation sites is 2. The van der Waals surface area contributed by atoms with Gasteiger partial charge < -0.3 is 14.0 Å². The third-order valence-corrected chi connectivity index (χ3v) is 7.00. The molecule has 0 aliphatic rings. The van der Waals surface area contributed by atoms with E-state index in [9.17, 15) is 8.42 Å².